The molecule has 1 amide bonds. The molecule has 116 valence electrons. The Morgan fingerprint density at radius 3 is 2.05 bits per heavy atom. The number of nitrogens with zero attached hydrogens (tertiary/aromatic N) is 1. The van der Waals surface area contributed by atoms with E-state index >= 15 is 0 Å². The van der Waals surface area contributed by atoms with Crippen LogP contribution in [0.5, 0.6) is 0 Å². The second-order valence-electron chi connectivity index (χ2n) is 5.70. The van der Waals surface area contributed by atoms with Crippen LogP contribution in [0.15, 0.2) is 0 Å². The van der Waals surface area contributed by atoms with Crippen LogP contribution in [0.4, 0.5) is 0 Å². The zero-order valence-electron chi connectivity index (χ0n) is 12.9. The molecule has 5 heteroatoms. The van der Waals surface area contributed by atoms with Gasteiger partial charge in [0.15, 0.2) is 0 Å². The molecule has 1 unspecified atom stereocenters. The third kappa shape index (κ3) is 3.95. The Hall–Kier alpha value is -1.10. The first kappa shape index (κ1) is 17.0. The number of carbonyl (C=O) groups excluding carboxylic acids is 1. The molecule has 1 saturated heterocycles. The van der Waals surface area contributed by atoms with Gasteiger partial charge in [-0.3, -0.25) is 14.9 Å². The Bertz CT molecular complexity index is 332. The highest BCUT2D eigenvalue weighted by atomic mass is 16.4. The summed E-state index contributed by atoms with van der Waals surface area (Å²) in [7, 11) is 0. The Balaban J connectivity index is 2.70. The maximum Gasteiger partial charge on any atom is 0.323 e. The van der Waals surface area contributed by atoms with Crippen LogP contribution < -0.4 is 5.32 Å². The van der Waals surface area contributed by atoms with E-state index in [0.717, 1.165) is 25.9 Å². The van der Waals surface area contributed by atoms with Crippen molar-refractivity contribution in [3.05, 3.63) is 0 Å². The number of rotatable bonds is 6. The summed E-state index contributed by atoms with van der Waals surface area (Å²) in [5.74, 6) is -0.850. The molecule has 0 aliphatic carbocycles. The van der Waals surface area contributed by atoms with Gasteiger partial charge >= 0.3 is 5.97 Å². The summed E-state index contributed by atoms with van der Waals surface area (Å²) in [6.45, 7) is 7.05. The minimum atomic E-state index is -0.999. The monoisotopic (exact) mass is 284 g/mol. The van der Waals surface area contributed by atoms with E-state index in [9.17, 15) is 14.7 Å². The van der Waals surface area contributed by atoms with Gasteiger partial charge in [-0.1, -0.05) is 26.7 Å². The van der Waals surface area contributed by atoms with Gasteiger partial charge in [-0.2, -0.15) is 0 Å². The van der Waals surface area contributed by atoms with Crippen LogP contribution >= 0.6 is 0 Å². The third-order valence-corrected chi connectivity index (χ3v) is 4.40. The zero-order valence-corrected chi connectivity index (χ0v) is 12.9. The molecule has 0 aromatic carbocycles. The van der Waals surface area contributed by atoms with Crippen molar-refractivity contribution >= 4 is 11.9 Å². The van der Waals surface area contributed by atoms with E-state index in [2.05, 4.69) is 5.32 Å². The van der Waals surface area contributed by atoms with Crippen LogP contribution in [0.1, 0.15) is 59.3 Å². The van der Waals surface area contributed by atoms with Gasteiger partial charge in [-0.25, -0.2) is 0 Å². The van der Waals surface area contributed by atoms with Gasteiger partial charge in [0.05, 0.1) is 6.04 Å². The van der Waals surface area contributed by atoms with E-state index in [0.29, 0.717) is 12.8 Å². The number of carbonyl (C=O) groups is 2. The van der Waals surface area contributed by atoms with Crippen LogP contribution in [-0.4, -0.2) is 46.6 Å². The number of hydrogen-bond donors (Lipinski definition) is 2. The number of likely N-dealkylation sites (tertiary alicyclic amines) is 1. The van der Waals surface area contributed by atoms with Gasteiger partial charge in [0.2, 0.25) is 5.91 Å². The molecule has 0 bridgehead atoms. The summed E-state index contributed by atoms with van der Waals surface area (Å²) in [6.07, 6.45) is 5.38. The second-order valence-corrected chi connectivity index (χ2v) is 5.70. The van der Waals surface area contributed by atoms with Gasteiger partial charge < -0.3 is 10.0 Å². The quantitative estimate of drug-likeness (QED) is 0.783. The molecule has 1 atom stereocenters. The average molecular weight is 284 g/mol. The Labute approximate surface area is 121 Å². The summed E-state index contributed by atoms with van der Waals surface area (Å²) < 4.78 is 0. The van der Waals surface area contributed by atoms with E-state index < -0.39 is 17.6 Å². The van der Waals surface area contributed by atoms with Gasteiger partial charge in [0.25, 0.3) is 0 Å². The average Bonchev–Trinajstić information content (AvgIpc) is 2.72. The first-order chi connectivity index (χ1) is 9.46. The van der Waals surface area contributed by atoms with Gasteiger partial charge in [0.1, 0.15) is 5.54 Å². The summed E-state index contributed by atoms with van der Waals surface area (Å²) in [4.78, 5) is 25.8. The molecule has 1 heterocycles. The number of amides is 1. The van der Waals surface area contributed by atoms with Crippen molar-refractivity contribution in [2.75, 3.05) is 13.1 Å². The normalized spacial score (nSPS) is 18.4. The lowest BCUT2D eigenvalue weighted by Gasteiger charge is -2.33. The van der Waals surface area contributed by atoms with E-state index in [1.54, 1.807) is 6.92 Å². The summed E-state index contributed by atoms with van der Waals surface area (Å²) >= 11 is 0. The zero-order chi connectivity index (χ0) is 15.2. The number of aliphatic carboxylic acids is 1. The Kier molecular flexibility index (Phi) is 6.46. The van der Waals surface area contributed by atoms with Crippen LogP contribution in [0.25, 0.3) is 0 Å². The Morgan fingerprint density at radius 2 is 1.65 bits per heavy atom. The molecule has 0 aromatic heterocycles. The molecule has 20 heavy (non-hydrogen) atoms. The number of carboxylic acid groups (broad SMARTS) is 1. The highest BCUT2D eigenvalue weighted by molar-refractivity contribution is 5.84. The standard InChI is InChI=1S/C15H28N2O3/c1-4-15(5-2,14(19)20)16-12(3)13(18)17-10-8-6-7-9-11-17/h12,16H,4-11H2,1-3H3,(H,19,20). The van der Waals surface area contributed by atoms with Crippen molar-refractivity contribution in [2.45, 2.75) is 70.9 Å². The minimum Gasteiger partial charge on any atom is -0.480 e. The van der Waals surface area contributed by atoms with Crippen molar-refractivity contribution in [3.8, 4) is 0 Å². The summed E-state index contributed by atoms with van der Waals surface area (Å²) in [5.41, 5.74) is -0.999. The molecule has 0 saturated carbocycles. The van der Waals surface area contributed by atoms with Gasteiger partial charge in [0, 0.05) is 13.1 Å². The largest absolute Gasteiger partial charge is 0.480 e. The predicted octanol–water partition coefficient (Wildman–Crippen LogP) is 2.01. The molecule has 1 rings (SSSR count). The molecule has 1 fully saturated rings. The van der Waals surface area contributed by atoms with E-state index in [1.807, 2.05) is 18.7 Å². The maximum atomic E-state index is 12.5. The van der Waals surface area contributed by atoms with Crippen molar-refractivity contribution in [3.63, 3.8) is 0 Å². The van der Waals surface area contributed by atoms with Crippen molar-refractivity contribution in [1.29, 1.82) is 0 Å². The van der Waals surface area contributed by atoms with Crippen LogP contribution in [0, 0.1) is 0 Å². The van der Waals surface area contributed by atoms with E-state index in [-0.39, 0.29) is 5.91 Å². The van der Waals surface area contributed by atoms with Crippen LogP contribution in [-0.2, 0) is 9.59 Å². The second kappa shape index (κ2) is 7.62. The molecular formula is C15H28N2O3. The highest BCUT2D eigenvalue weighted by Crippen LogP contribution is 2.18. The molecular weight excluding hydrogens is 256 g/mol. The van der Waals surface area contributed by atoms with E-state index in [1.165, 1.54) is 12.8 Å². The van der Waals surface area contributed by atoms with Gasteiger partial charge in [-0.15, -0.1) is 0 Å². The van der Waals surface area contributed by atoms with Crippen molar-refractivity contribution < 1.29 is 14.7 Å². The Morgan fingerprint density at radius 1 is 1.15 bits per heavy atom. The van der Waals surface area contributed by atoms with Crippen LogP contribution in [0.2, 0.25) is 0 Å². The smallest absolute Gasteiger partial charge is 0.323 e. The third-order valence-electron chi connectivity index (χ3n) is 4.40. The van der Waals surface area contributed by atoms with Crippen LogP contribution in [0.3, 0.4) is 0 Å². The van der Waals surface area contributed by atoms with Crippen molar-refractivity contribution in [1.82, 2.24) is 10.2 Å². The fraction of sp³-hybridized carbons (Fsp3) is 0.867. The summed E-state index contributed by atoms with van der Waals surface area (Å²) in [6, 6.07) is -0.455. The van der Waals surface area contributed by atoms with Crippen molar-refractivity contribution in [2.24, 2.45) is 0 Å². The molecule has 5 nitrogen and oxygen atoms in total. The lowest BCUT2D eigenvalue weighted by Crippen LogP contribution is -2.58. The fourth-order valence-electron chi connectivity index (χ4n) is 2.86. The lowest BCUT2D eigenvalue weighted by atomic mass is 9.92. The summed E-state index contributed by atoms with van der Waals surface area (Å²) in [5, 5.41) is 12.5. The molecule has 0 radical (unpaired) electrons. The molecule has 2 N–H and O–H groups in total. The topological polar surface area (TPSA) is 69.6 Å². The van der Waals surface area contributed by atoms with Gasteiger partial charge in [-0.05, 0) is 32.6 Å². The molecule has 1 aliphatic heterocycles. The van der Waals surface area contributed by atoms with E-state index in [4.69, 9.17) is 0 Å². The fourth-order valence-corrected chi connectivity index (χ4v) is 2.86. The number of nitrogens with one attached hydrogen (secondary N) is 1. The molecule has 0 spiro atoms. The molecule has 1 aliphatic rings. The highest BCUT2D eigenvalue weighted by Gasteiger charge is 2.38. The molecule has 0 aromatic rings. The number of carboxylic acids is 1. The number of hydrogen-bond acceptors (Lipinski definition) is 3. The SMILES string of the molecule is CCC(CC)(NC(C)C(=O)N1CCCCCC1)C(=O)O. The predicted molar refractivity (Wildman–Crippen MR) is 78.6 cm³/mol. The maximum absolute atomic E-state index is 12.5. The first-order valence-electron chi connectivity index (χ1n) is 7.76. The minimum absolute atomic E-state index is 0.0272. The lowest BCUT2D eigenvalue weighted by molar-refractivity contribution is -0.146. The first-order valence-corrected chi connectivity index (χ1v) is 7.76.